The van der Waals surface area contributed by atoms with E-state index in [0.717, 1.165) is 37.9 Å². The highest BCUT2D eigenvalue weighted by atomic mass is 16.6. The number of likely N-dealkylation sites (tertiary alicyclic amines) is 2. The van der Waals surface area contributed by atoms with Gasteiger partial charge in [-0.05, 0) is 58.6 Å². The molecule has 3 heterocycles. The zero-order valence-electron chi connectivity index (χ0n) is 15.5. The fourth-order valence-electron chi connectivity index (χ4n) is 3.81. The highest BCUT2D eigenvalue weighted by Crippen LogP contribution is 2.33. The number of ether oxygens (including phenoxy) is 1. The average molecular weight is 347 g/mol. The maximum absolute atomic E-state index is 13.1. The zero-order chi connectivity index (χ0) is 18.0. The predicted octanol–water partition coefficient (Wildman–Crippen LogP) is 3.33. The summed E-state index contributed by atoms with van der Waals surface area (Å²) in [5.74, 6) is 0.0437. The number of hydrogen-bond acceptors (Lipinski definition) is 3. The number of piperidine rings is 1. The maximum Gasteiger partial charge on any atom is 0.410 e. The quantitative estimate of drug-likeness (QED) is 0.892. The Morgan fingerprint density at radius 3 is 2.64 bits per heavy atom. The van der Waals surface area contributed by atoms with E-state index in [1.165, 1.54) is 0 Å². The van der Waals surface area contributed by atoms with Gasteiger partial charge in [-0.2, -0.15) is 0 Å². The second-order valence-corrected chi connectivity index (χ2v) is 8.08. The van der Waals surface area contributed by atoms with E-state index in [2.05, 4.69) is 4.98 Å². The van der Waals surface area contributed by atoms with Crippen LogP contribution in [0.3, 0.4) is 0 Å². The highest BCUT2D eigenvalue weighted by Gasteiger charge is 2.37. The summed E-state index contributed by atoms with van der Waals surface area (Å²) in [5, 5.41) is 0. The minimum absolute atomic E-state index is 0.128. The number of aromatic nitrogens is 1. The molecule has 1 aromatic rings. The third kappa shape index (κ3) is 4.17. The van der Waals surface area contributed by atoms with Crippen LogP contribution in [0.5, 0.6) is 0 Å². The van der Waals surface area contributed by atoms with E-state index in [-0.39, 0.29) is 24.0 Å². The monoisotopic (exact) mass is 347 g/mol. The van der Waals surface area contributed by atoms with Crippen molar-refractivity contribution in [1.82, 2.24) is 14.8 Å². The largest absolute Gasteiger partial charge is 0.444 e. The van der Waals surface area contributed by atoms with E-state index in [0.29, 0.717) is 13.1 Å². The van der Waals surface area contributed by atoms with Crippen molar-refractivity contribution in [2.75, 3.05) is 19.6 Å². The molecule has 2 aliphatic rings. The lowest BCUT2D eigenvalue weighted by Crippen LogP contribution is -2.47. The Morgan fingerprint density at radius 1 is 1.20 bits per heavy atom. The fourth-order valence-corrected chi connectivity index (χ4v) is 3.81. The summed E-state index contributed by atoms with van der Waals surface area (Å²) >= 11 is 0. The first-order valence-corrected chi connectivity index (χ1v) is 9.27. The van der Waals surface area contributed by atoms with Gasteiger partial charge in [0.2, 0.25) is 5.91 Å². The van der Waals surface area contributed by atoms with E-state index in [1.807, 2.05) is 44.0 Å². The van der Waals surface area contributed by atoms with Crippen LogP contribution < -0.4 is 0 Å². The predicted molar refractivity (Wildman–Crippen MR) is 95.0 cm³/mol. The Balaban J connectivity index is 1.64. The van der Waals surface area contributed by atoms with Crippen molar-refractivity contribution in [2.45, 2.75) is 58.1 Å². The number of nitrogens with zero attached hydrogens (tertiary/aromatic N) is 2. The van der Waals surface area contributed by atoms with Crippen LogP contribution in [0.4, 0.5) is 4.79 Å². The molecule has 6 nitrogen and oxygen atoms in total. The molecule has 2 aliphatic heterocycles. The van der Waals surface area contributed by atoms with Gasteiger partial charge in [0.05, 0.1) is 12.0 Å². The first kappa shape index (κ1) is 17.8. The fraction of sp³-hybridized carbons (Fsp3) is 0.684. The Labute approximate surface area is 149 Å². The van der Waals surface area contributed by atoms with Crippen LogP contribution in [0.2, 0.25) is 0 Å². The third-order valence-electron chi connectivity index (χ3n) is 4.94. The summed E-state index contributed by atoms with van der Waals surface area (Å²) in [7, 11) is 0. The molecular formula is C19H29N3O3. The lowest BCUT2D eigenvalue weighted by molar-refractivity contribution is -0.138. The lowest BCUT2D eigenvalue weighted by Gasteiger charge is -2.36. The molecule has 25 heavy (non-hydrogen) atoms. The highest BCUT2D eigenvalue weighted by molar-refractivity contribution is 5.81. The molecule has 6 heteroatoms. The molecule has 2 atom stereocenters. The summed E-state index contributed by atoms with van der Waals surface area (Å²) in [4.78, 5) is 32.3. The Bertz CT molecular complexity index is 606. The lowest BCUT2D eigenvalue weighted by atomic mass is 9.96. The number of hydrogen-bond donors (Lipinski definition) is 1. The molecule has 2 amide bonds. The number of nitrogens with one attached hydrogen (secondary N) is 1. The minimum Gasteiger partial charge on any atom is -0.444 e. The second-order valence-electron chi connectivity index (χ2n) is 8.08. The van der Waals surface area contributed by atoms with Crippen molar-refractivity contribution in [2.24, 2.45) is 5.92 Å². The average Bonchev–Trinajstić information content (AvgIpc) is 3.23. The Kier molecular flexibility index (Phi) is 5.06. The minimum atomic E-state index is -0.512. The number of amides is 2. The first-order valence-electron chi connectivity index (χ1n) is 9.27. The molecule has 0 aliphatic carbocycles. The van der Waals surface area contributed by atoms with Crippen LogP contribution in [0.25, 0.3) is 0 Å². The topological polar surface area (TPSA) is 65.6 Å². The van der Waals surface area contributed by atoms with Gasteiger partial charge < -0.3 is 19.5 Å². The molecule has 0 aromatic carbocycles. The summed E-state index contributed by atoms with van der Waals surface area (Å²) in [6.45, 7) is 7.51. The molecule has 2 fully saturated rings. The molecule has 0 saturated carbocycles. The maximum atomic E-state index is 13.1. The van der Waals surface area contributed by atoms with E-state index in [1.54, 1.807) is 4.90 Å². The molecular weight excluding hydrogens is 318 g/mol. The molecule has 138 valence electrons. The molecule has 1 aromatic heterocycles. The summed E-state index contributed by atoms with van der Waals surface area (Å²) in [6.07, 6.45) is 5.30. The van der Waals surface area contributed by atoms with Gasteiger partial charge in [-0.15, -0.1) is 0 Å². The first-order chi connectivity index (χ1) is 11.8. The van der Waals surface area contributed by atoms with E-state index >= 15 is 0 Å². The van der Waals surface area contributed by atoms with E-state index < -0.39 is 5.60 Å². The number of rotatable bonds is 2. The third-order valence-corrected chi connectivity index (χ3v) is 4.94. The van der Waals surface area contributed by atoms with Crippen LogP contribution in [-0.2, 0) is 9.53 Å². The summed E-state index contributed by atoms with van der Waals surface area (Å²) in [5.41, 5.74) is 0.590. The number of aromatic amines is 1. The zero-order valence-corrected chi connectivity index (χ0v) is 15.5. The SMILES string of the molecule is CC(C)(C)OC(=O)N1CCC[C@H](C(=O)N2CCC[C@H]2c2ccc[nH]2)C1. The van der Waals surface area contributed by atoms with Gasteiger partial charge in [-0.1, -0.05) is 0 Å². The number of carbonyl (C=O) groups is 2. The van der Waals surface area contributed by atoms with Crippen LogP contribution in [0, 0.1) is 5.92 Å². The van der Waals surface area contributed by atoms with Crippen LogP contribution >= 0.6 is 0 Å². The standard InChI is InChI=1S/C19H29N3O3/c1-19(2,3)25-18(24)21-11-5-7-14(13-21)17(23)22-12-6-9-16(22)15-8-4-10-20-15/h4,8,10,14,16,20H,5-7,9,11-13H2,1-3H3/t14-,16-/m0/s1. The molecule has 2 saturated heterocycles. The van der Waals surface area contributed by atoms with Gasteiger partial charge in [-0.3, -0.25) is 4.79 Å². The van der Waals surface area contributed by atoms with Crippen LogP contribution in [0.15, 0.2) is 18.3 Å². The molecule has 0 radical (unpaired) electrons. The van der Waals surface area contributed by atoms with Crippen molar-refractivity contribution < 1.29 is 14.3 Å². The molecule has 1 N–H and O–H groups in total. The smallest absolute Gasteiger partial charge is 0.410 e. The molecule has 0 bridgehead atoms. The van der Waals surface area contributed by atoms with Crippen molar-refractivity contribution in [3.05, 3.63) is 24.0 Å². The van der Waals surface area contributed by atoms with Gasteiger partial charge in [0.25, 0.3) is 0 Å². The number of carbonyl (C=O) groups excluding carboxylic acids is 2. The van der Waals surface area contributed by atoms with Crippen LogP contribution in [0.1, 0.15) is 58.2 Å². The molecule has 0 spiro atoms. The van der Waals surface area contributed by atoms with E-state index in [9.17, 15) is 9.59 Å². The normalized spacial score (nSPS) is 24.4. The van der Waals surface area contributed by atoms with Gasteiger partial charge in [0, 0.05) is 31.5 Å². The molecule has 0 unspecified atom stereocenters. The molecule has 3 rings (SSSR count). The Hall–Kier alpha value is -1.98. The van der Waals surface area contributed by atoms with E-state index in [4.69, 9.17) is 4.74 Å². The second kappa shape index (κ2) is 7.10. The summed E-state index contributed by atoms with van der Waals surface area (Å²) in [6, 6.07) is 4.16. The Morgan fingerprint density at radius 2 is 1.96 bits per heavy atom. The van der Waals surface area contributed by atoms with Gasteiger partial charge in [0.1, 0.15) is 5.60 Å². The van der Waals surface area contributed by atoms with Crippen molar-refractivity contribution >= 4 is 12.0 Å². The van der Waals surface area contributed by atoms with Gasteiger partial charge in [-0.25, -0.2) is 4.79 Å². The van der Waals surface area contributed by atoms with Crippen molar-refractivity contribution in [1.29, 1.82) is 0 Å². The van der Waals surface area contributed by atoms with Crippen LogP contribution in [-0.4, -0.2) is 52.0 Å². The van der Waals surface area contributed by atoms with Gasteiger partial charge in [0.15, 0.2) is 0 Å². The summed E-state index contributed by atoms with van der Waals surface area (Å²) < 4.78 is 5.47. The van der Waals surface area contributed by atoms with Crippen molar-refractivity contribution in [3.63, 3.8) is 0 Å². The van der Waals surface area contributed by atoms with Crippen molar-refractivity contribution in [3.8, 4) is 0 Å². The van der Waals surface area contributed by atoms with Gasteiger partial charge >= 0.3 is 6.09 Å². The number of H-pyrrole nitrogens is 1.